The lowest BCUT2D eigenvalue weighted by atomic mass is 9.98. The Balaban J connectivity index is 1.87. The number of piperidine rings is 1. The van der Waals surface area contributed by atoms with Gasteiger partial charge in [0.15, 0.2) is 0 Å². The highest BCUT2D eigenvalue weighted by atomic mass is 79.9. The second-order valence-corrected chi connectivity index (χ2v) is 6.19. The van der Waals surface area contributed by atoms with Crippen molar-refractivity contribution in [3.63, 3.8) is 0 Å². The van der Waals surface area contributed by atoms with Gasteiger partial charge in [-0.1, -0.05) is 12.1 Å². The number of nitrogens with one attached hydrogen (secondary N) is 1. The quantitative estimate of drug-likeness (QED) is 0.857. The zero-order valence-electron chi connectivity index (χ0n) is 11.8. The van der Waals surface area contributed by atoms with E-state index in [1.54, 1.807) is 18.2 Å². The van der Waals surface area contributed by atoms with Crippen LogP contribution in [0.15, 0.2) is 28.7 Å². The molecule has 0 saturated carbocycles. The lowest BCUT2D eigenvalue weighted by molar-refractivity contribution is -0.121. The molecule has 1 saturated heterocycles. The van der Waals surface area contributed by atoms with Gasteiger partial charge in [-0.15, -0.1) is 0 Å². The van der Waals surface area contributed by atoms with E-state index in [2.05, 4.69) is 26.1 Å². The molecule has 0 radical (unpaired) electrons. The van der Waals surface area contributed by atoms with Crippen LogP contribution < -0.4 is 11.1 Å². The summed E-state index contributed by atoms with van der Waals surface area (Å²) in [5.41, 5.74) is 6.15. The lowest BCUT2D eigenvalue weighted by Crippen LogP contribution is -2.45. The second kappa shape index (κ2) is 7.68. The summed E-state index contributed by atoms with van der Waals surface area (Å²) < 4.78 is 0.677. The van der Waals surface area contributed by atoms with Gasteiger partial charge in [0, 0.05) is 11.0 Å². The average Bonchev–Trinajstić information content (AvgIpc) is 2.47. The van der Waals surface area contributed by atoms with Crippen LogP contribution in [0.4, 0.5) is 0 Å². The van der Waals surface area contributed by atoms with E-state index >= 15 is 0 Å². The van der Waals surface area contributed by atoms with Crippen molar-refractivity contribution in [2.24, 2.45) is 11.7 Å². The van der Waals surface area contributed by atoms with Gasteiger partial charge in [-0.25, -0.2) is 0 Å². The summed E-state index contributed by atoms with van der Waals surface area (Å²) in [6.07, 6.45) is 2.16. The molecule has 21 heavy (non-hydrogen) atoms. The SMILES string of the molecule is NCC1CCCN(CC(=O)NC(=O)c2ccccc2Br)C1. The minimum absolute atomic E-state index is 0.243. The van der Waals surface area contributed by atoms with Gasteiger partial charge in [0.2, 0.25) is 5.91 Å². The molecule has 1 heterocycles. The fraction of sp³-hybridized carbons (Fsp3) is 0.467. The number of halogens is 1. The van der Waals surface area contributed by atoms with Crippen molar-refractivity contribution in [1.29, 1.82) is 0 Å². The highest BCUT2D eigenvalue weighted by molar-refractivity contribution is 9.10. The zero-order chi connectivity index (χ0) is 15.2. The molecule has 1 aliphatic heterocycles. The molecule has 114 valence electrons. The maximum atomic E-state index is 12.0. The van der Waals surface area contributed by atoms with Gasteiger partial charge in [0.25, 0.3) is 5.91 Å². The highest BCUT2D eigenvalue weighted by Crippen LogP contribution is 2.16. The summed E-state index contributed by atoms with van der Waals surface area (Å²) in [6, 6.07) is 7.04. The fourth-order valence-electron chi connectivity index (χ4n) is 2.57. The third kappa shape index (κ3) is 4.62. The van der Waals surface area contributed by atoms with Crippen LogP contribution in [0.1, 0.15) is 23.2 Å². The molecule has 6 heteroatoms. The predicted octanol–water partition coefficient (Wildman–Crippen LogP) is 1.38. The van der Waals surface area contributed by atoms with Crippen LogP contribution in [0, 0.1) is 5.92 Å². The molecule has 1 aromatic carbocycles. The Morgan fingerprint density at radius 2 is 2.14 bits per heavy atom. The van der Waals surface area contributed by atoms with Crippen LogP contribution in [0.3, 0.4) is 0 Å². The van der Waals surface area contributed by atoms with Crippen molar-refractivity contribution < 1.29 is 9.59 Å². The number of rotatable bonds is 4. The second-order valence-electron chi connectivity index (χ2n) is 5.34. The van der Waals surface area contributed by atoms with E-state index in [1.165, 1.54) is 0 Å². The van der Waals surface area contributed by atoms with E-state index in [4.69, 9.17) is 5.73 Å². The van der Waals surface area contributed by atoms with Crippen LogP contribution in [-0.4, -0.2) is 42.9 Å². The molecule has 0 spiro atoms. The molecule has 0 bridgehead atoms. The Morgan fingerprint density at radius 3 is 2.86 bits per heavy atom. The monoisotopic (exact) mass is 353 g/mol. The maximum Gasteiger partial charge on any atom is 0.259 e. The van der Waals surface area contributed by atoms with Crippen LogP contribution in [0.2, 0.25) is 0 Å². The van der Waals surface area contributed by atoms with Gasteiger partial charge >= 0.3 is 0 Å². The number of nitrogens with two attached hydrogens (primary N) is 1. The standard InChI is InChI=1S/C15H20BrN3O2/c16-13-6-2-1-5-12(13)15(21)18-14(20)10-19-7-3-4-11(8-17)9-19/h1-2,5-6,11H,3-4,7-10,17H2,(H,18,20,21). The first kappa shape index (κ1) is 16.1. The summed E-state index contributed by atoms with van der Waals surface area (Å²) in [4.78, 5) is 26.1. The Hall–Kier alpha value is -1.24. The van der Waals surface area contributed by atoms with Crippen LogP contribution in [0.25, 0.3) is 0 Å². The maximum absolute atomic E-state index is 12.0. The van der Waals surface area contributed by atoms with Gasteiger partial charge in [0.1, 0.15) is 0 Å². The van der Waals surface area contributed by atoms with E-state index < -0.39 is 0 Å². The number of imide groups is 1. The topological polar surface area (TPSA) is 75.4 Å². The van der Waals surface area contributed by atoms with E-state index in [0.29, 0.717) is 22.5 Å². The number of carbonyl (C=O) groups is 2. The van der Waals surface area contributed by atoms with Crippen molar-refractivity contribution in [2.45, 2.75) is 12.8 Å². The van der Waals surface area contributed by atoms with Gasteiger partial charge in [-0.2, -0.15) is 0 Å². The van der Waals surface area contributed by atoms with Crippen molar-refractivity contribution in [1.82, 2.24) is 10.2 Å². The van der Waals surface area contributed by atoms with E-state index in [-0.39, 0.29) is 18.4 Å². The van der Waals surface area contributed by atoms with Crippen molar-refractivity contribution >= 4 is 27.7 Å². The summed E-state index contributed by atoms with van der Waals surface area (Å²) in [5, 5.41) is 2.44. The predicted molar refractivity (Wildman–Crippen MR) is 84.8 cm³/mol. The molecule has 2 rings (SSSR count). The van der Waals surface area contributed by atoms with E-state index in [0.717, 1.165) is 25.9 Å². The number of carbonyl (C=O) groups excluding carboxylic acids is 2. The van der Waals surface area contributed by atoms with Crippen molar-refractivity contribution in [3.8, 4) is 0 Å². The fourth-order valence-corrected chi connectivity index (χ4v) is 3.03. The minimum atomic E-state index is -0.375. The van der Waals surface area contributed by atoms with Crippen LogP contribution >= 0.6 is 15.9 Å². The average molecular weight is 354 g/mol. The number of amides is 2. The molecular formula is C15H20BrN3O2. The highest BCUT2D eigenvalue weighted by Gasteiger charge is 2.21. The van der Waals surface area contributed by atoms with Crippen LogP contribution in [0.5, 0.6) is 0 Å². The number of likely N-dealkylation sites (tertiary alicyclic amines) is 1. The number of hydrogen-bond donors (Lipinski definition) is 2. The summed E-state index contributed by atoms with van der Waals surface area (Å²) in [7, 11) is 0. The normalized spacial score (nSPS) is 19.2. The molecule has 1 unspecified atom stereocenters. The third-order valence-electron chi connectivity index (χ3n) is 3.68. The lowest BCUT2D eigenvalue weighted by Gasteiger charge is -2.31. The molecule has 0 aliphatic carbocycles. The Bertz CT molecular complexity index is 521. The smallest absolute Gasteiger partial charge is 0.259 e. The number of nitrogens with zero attached hydrogens (tertiary/aromatic N) is 1. The van der Waals surface area contributed by atoms with Crippen LogP contribution in [-0.2, 0) is 4.79 Å². The summed E-state index contributed by atoms with van der Waals surface area (Å²) >= 11 is 3.31. The minimum Gasteiger partial charge on any atom is -0.330 e. The van der Waals surface area contributed by atoms with Gasteiger partial charge < -0.3 is 5.73 Å². The molecule has 1 aliphatic rings. The van der Waals surface area contributed by atoms with E-state index in [1.807, 2.05) is 6.07 Å². The first-order valence-corrected chi connectivity index (χ1v) is 7.90. The molecule has 1 aromatic rings. The molecule has 1 fully saturated rings. The molecule has 2 amide bonds. The molecule has 1 atom stereocenters. The Morgan fingerprint density at radius 1 is 1.38 bits per heavy atom. The first-order chi connectivity index (χ1) is 10.1. The number of hydrogen-bond acceptors (Lipinski definition) is 4. The molecular weight excluding hydrogens is 334 g/mol. The molecule has 5 nitrogen and oxygen atoms in total. The van der Waals surface area contributed by atoms with E-state index in [9.17, 15) is 9.59 Å². The summed E-state index contributed by atoms with van der Waals surface area (Å²) in [5.74, 6) is -0.196. The molecule has 0 aromatic heterocycles. The largest absolute Gasteiger partial charge is 0.330 e. The zero-order valence-corrected chi connectivity index (χ0v) is 13.4. The van der Waals surface area contributed by atoms with Gasteiger partial charge in [-0.05, 0) is 59.9 Å². The number of benzene rings is 1. The van der Waals surface area contributed by atoms with Gasteiger partial charge in [0.05, 0.1) is 12.1 Å². The first-order valence-electron chi connectivity index (χ1n) is 7.11. The third-order valence-corrected chi connectivity index (χ3v) is 4.37. The Kier molecular flexibility index (Phi) is 5.90. The van der Waals surface area contributed by atoms with Crippen molar-refractivity contribution in [3.05, 3.63) is 34.3 Å². The van der Waals surface area contributed by atoms with Crippen molar-refractivity contribution in [2.75, 3.05) is 26.2 Å². The molecule has 3 N–H and O–H groups in total. The summed E-state index contributed by atoms with van der Waals surface area (Å²) in [6.45, 7) is 2.60. The van der Waals surface area contributed by atoms with Gasteiger partial charge in [-0.3, -0.25) is 19.8 Å². The Labute approximate surface area is 133 Å².